The second kappa shape index (κ2) is 9.58. The van der Waals surface area contributed by atoms with E-state index in [-0.39, 0.29) is 5.92 Å². The quantitative estimate of drug-likeness (QED) is 0.449. The van der Waals surface area contributed by atoms with E-state index in [1.807, 2.05) is 13.8 Å². The minimum absolute atomic E-state index is 0.0485. The molecule has 0 aliphatic carbocycles. The highest BCUT2D eigenvalue weighted by Gasteiger charge is 2.20. The summed E-state index contributed by atoms with van der Waals surface area (Å²) in [6.45, 7) is 5.27. The van der Waals surface area contributed by atoms with Crippen LogP contribution in [0.5, 0.6) is 0 Å². The predicted octanol–water partition coefficient (Wildman–Crippen LogP) is 2.03. The van der Waals surface area contributed by atoms with Gasteiger partial charge in [-0.25, -0.2) is 29.2 Å². The Morgan fingerprint density at radius 1 is 1.05 bits per heavy atom. The molecule has 0 aromatic carbocycles. The van der Waals surface area contributed by atoms with Crippen LogP contribution in [-0.2, 0) is 9.68 Å². The van der Waals surface area contributed by atoms with E-state index < -0.39 is 12.2 Å². The molecule has 0 aromatic rings. The Balaban J connectivity index is 4.18. The van der Waals surface area contributed by atoms with Crippen molar-refractivity contribution in [3.63, 3.8) is 0 Å². The molecule has 8 nitrogen and oxygen atoms in total. The van der Waals surface area contributed by atoms with Gasteiger partial charge in [0.05, 0.1) is 12.1 Å². The van der Waals surface area contributed by atoms with Crippen LogP contribution in [0.3, 0.4) is 0 Å². The highest BCUT2D eigenvalue weighted by Crippen LogP contribution is 2.13. The van der Waals surface area contributed by atoms with Gasteiger partial charge in [0.2, 0.25) is 0 Å². The van der Waals surface area contributed by atoms with E-state index >= 15 is 0 Å². The Hall–Kier alpha value is -1.33. The zero-order valence-corrected chi connectivity index (χ0v) is 14.8. The first kappa shape index (κ1) is 19.7. The maximum Gasteiger partial charge on any atom is 0.445 e. The van der Waals surface area contributed by atoms with Crippen molar-refractivity contribution in [2.75, 3.05) is 14.1 Å². The molecule has 0 rings (SSSR count). The Bertz CT molecular complexity index is 419. The summed E-state index contributed by atoms with van der Waals surface area (Å²) in [4.78, 5) is 33.3. The molecular weight excluding hydrogens is 336 g/mol. The van der Waals surface area contributed by atoms with Gasteiger partial charge >= 0.3 is 12.2 Å². The number of nitrogens with zero attached hydrogens (tertiary/aromatic N) is 2. The maximum atomic E-state index is 11.6. The fourth-order valence-corrected chi connectivity index (χ4v) is 1.36. The van der Waals surface area contributed by atoms with Crippen LogP contribution in [0, 0.1) is 5.92 Å². The summed E-state index contributed by atoms with van der Waals surface area (Å²) in [5.41, 5.74) is 4.61. The number of hydrogen-bond donors (Lipinski definition) is 2. The van der Waals surface area contributed by atoms with Crippen molar-refractivity contribution in [2.45, 2.75) is 20.8 Å². The van der Waals surface area contributed by atoms with E-state index in [0.717, 1.165) is 20.7 Å². The zero-order valence-electron chi connectivity index (χ0n) is 12.3. The van der Waals surface area contributed by atoms with E-state index in [1.54, 1.807) is 6.92 Å². The van der Waals surface area contributed by atoms with Gasteiger partial charge in [-0.15, -0.1) is 0 Å². The molecule has 0 aliphatic heterocycles. The van der Waals surface area contributed by atoms with Crippen LogP contribution in [0.15, 0.2) is 0 Å². The van der Waals surface area contributed by atoms with Gasteiger partial charge in [0.1, 0.15) is 9.98 Å². The van der Waals surface area contributed by atoms with Crippen LogP contribution < -0.4 is 11.0 Å². The monoisotopic (exact) mass is 354 g/mol. The molecule has 0 aliphatic rings. The smallest absolute Gasteiger partial charge is 0.323 e. The molecule has 0 spiro atoms. The van der Waals surface area contributed by atoms with Gasteiger partial charge in [0.25, 0.3) is 0 Å². The SMILES string of the molecule is CC(=S)NOC(=O)N(C)SN(C)C(=O)ONC(=S)C(C)C. The normalized spacial score (nSPS) is 9.62. The summed E-state index contributed by atoms with van der Waals surface area (Å²) in [5.74, 6) is 0.0485. The fourth-order valence-electron chi connectivity index (χ4n) is 0.706. The van der Waals surface area contributed by atoms with Gasteiger partial charge in [0, 0.05) is 20.0 Å². The largest absolute Gasteiger partial charge is 0.445 e. The molecular formula is C10H18N4O4S3. The number of rotatable bonds is 3. The molecule has 0 fully saturated rings. The van der Waals surface area contributed by atoms with E-state index in [2.05, 4.69) is 15.8 Å². The number of carbonyl (C=O) groups is 2. The number of thiocarbonyl (C=S) groups is 2. The Labute approximate surface area is 138 Å². The van der Waals surface area contributed by atoms with Crippen LogP contribution in [0.4, 0.5) is 9.59 Å². The second-order valence-corrected chi connectivity index (χ2v) is 6.40. The van der Waals surface area contributed by atoms with Crippen molar-refractivity contribution in [2.24, 2.45) is 5.92 Å². The average Bonchev–Trinajstić information content (AvgIpc) is 2.40. The molecule has 0 saturated carbocycles. The molecule has 2 N–H and O–H groups in total. The van der Waals surface area contributed by atoms with Gasteiger partial charge in [-0.2, -0.15) is 0 Å². The number of hydroxylamine groups is 2. The van der Waals surface area contributed by atoms with Crippen molar-refractivity contribution in [3.05, 3.63) is 0 Å². The van der Waals surface area contributed by atoms with Crippen LogP contribution in [0.2, 0.25) is 0 Å². The summed E-state index contributed by atoms with van der Waals surface area (Å²) in [6, 6.07) is 0. The molecule has 0 saturated heterocycles. The van der Waals surface area contributed by atoms with Gasteiger partial charge in [-0.1, -0.05) is 38.3 Å². The minimum Gasteiger partial charge on any atom is -0.323 e. The Morgan fingerprint density at radius 3 is 1.86 bits per heavy atom. The molecule has 0 unspecified atom stereocenters. The molecule has 120 valence electrons. The third kappa shape index (κ3) is 8.52. The lowest BCUT2D eigenvalue weighted by molar-refractivity contribution is 0.101. The average molecular weight is 354 g/mol. The standard InChI is InChI=1S/C10H18N4O4S3/c1-6(2)8(20)12-18-10(16)14(5)21-13(4)9(15)17-11-7(3)19/h6H,1-5H3,(H,11,19)(H,12,20). The molecule has 0 aromatic heterocycles. The summed E-state index contributed by atoms with van der Waals surface area (Å²) < 4.78 is 2.16. The molecule has 0 heterocycles. The van der Waals surface area contributed by atoms with Crippen LogP contribution in [-0.4, -0.2) is 44.9 Å². The first-order chi connectivity index (χ1) is 9.65. The number of carbonyl (C=O) groups excluding carboxylic acids is 2. The van der Waals surface area contributed by atoms with Crippen LogP contribution >= 0.6 is 36.6 Å². The number of amides is 2. The lowest BCUT2D eigenvalue weighted by Crippen LogP contribution is -2.36. The molecule has 0 radical (unpaired) electrons. The van der Waals surface area contributed by atoms with Gasteiger partial charge in [-0.05, 0) is 6.92 Å². The number of hydrogen-bond acceptors (Lipinski definition) is 7. The van der Waals surface area contributed by atoms with E-state index in [1.165, 1.54) is 14.1 Å². The zero-order chi connectivity index (χ0) is 16.6. The van der Waals surface area contributed by atoms with Gasteiger partial charge in [0.15, 0.2) is 0 Å². The van der Waals surface area contributed by atoms with Gasteiger partial charge in [-0.3, -0.25) is 0 Å². The first-order valence-corrected chi connectivity index (χ1v) is 7.33. The van der Waals surface area contributed by atoms with Crippen molar-refractivity contribution >= 4 is 58.7 Å². The summed E-state index contributed by atoms with van der Waals surface area (Å²) in [6.07, 6.45) is -1.45. The summed E-state index contributed by atoms with van der Waals surface area (Å²) in [5, 5.41) is 0. The lowest BCUT2D eigenvalue weighted by atomic mass is 10.2. The van der Waals surface area contributed by atoms with Crippen LogP contribution in [0.25, 0.3) is 0 Å². The van der Waals surface area contributed by atoms with E-state index in [4.69, 9.17) is 29.3 Å². The third-order valence-corrected chi connectivity index (χ3v) is 3.23. The highest BCUT2D eigenvalue weighted by molar-refractivity contribution is 7.95. The molecule has 2 amide bonds. The number of nitrogens with one attached hydrogen (secondary N) is 2. The second-order valence-electron chi connectivity index (χ2n) is 4.09. The van der Waals surface area contributed by atoms with Crippen molar-refractivity contribution in [3.8, 4) is 0 Å². The summed E-state index contributed by atoms with van der Waals surface area (Å²) in [7, 11) is 2.85. The molecule has 0 bridgehead atoms. The lowest BCUT2D eigenvalue weighted by Gasteiger charge is -2.21. The topological polar surface area (TPSA) is 83.1 Å². The van der Waals surface area contributed by atoms with E-state index in [0.29, 0.717) is 9.98 Å². The Morgan fingerprint density at radius 2 is 1.48 bits per heavy atom. The maximum absolute atomic E-state index is 11.6. The van der Waals surface area contributed by atoms with Crippen molar-refractivity contribution in [1.82, 2.24) is 19.6 Å². The first-order valence-electron chi connectivity index (χ1n) is 5.78. The molecule has 21 heavy (non-hydrogen) atoms. The molecule has 11 heteroatoms. The van der Waals surface area contributed by atoms with Crippen molar-refractivity contribution in [1.29, 1.82) is 0 Å². The van der Waals surface area contributed by atoms with Crippen molar-refractivity contribution < 1.29 is 19.3 Å². The minimum atomic E-state index is -0.727. The van der Waals surface area contributed by atoms with Gasteiger partial charge < -0.3 is 9.68 Å². The fraction of sp³-hybridized carbons (Fsp3) is 0.600. The third-order valence-electron chi connectivity index (χ3n) is 1.80. The molecule has 0 atom stereocenters. The highest BCUT2D eigenvalue weighted by atomic mass is 32.2. The predicted molar refractivity (Wildman–Crippen MR) is 88.1 cm³/mol. The van der Waals surface area contributed by atoms with Crippen LogP contribution in [0.1, 0.15) is 20.8 Å². The summed E-state index contributed by atoms with van der Waals surface area (Å²) >= 11 is 10.4. The van der Waals surface area contributed by atoms with E-state index in [9.17, 15) is 9.59 Å². The Kier molecular flexibility index (Phi) is 8.97.